The van der Waals surface area contributed by atoms with Crippen LogP contribution in [0, 0.1) is 11.8 Å². The van der Waals surface area contributed by atoms with Gasteiger partial charge in [-0.15, -0.1) is 0 Å². The highest BCUT2D eigenvalue weighted by Gasteiger charge is 2.54. The monoisotopic (exact) mass is 471 g/mol. The van der Waals surface area contributed by atoms with Crippen molar-refractivity contribution in [1.29, 1.82) is 0 Å². The number of carbonyl (C=O) groups excluding carboxylic acids is 2. The van der Waals surface area contributed by atoms with Crippen molar-refractivity contribution in [2.24, 2.45) is 11.8 Å². The molecule has 3 aliphatic heterocycles. The summed E-state index contributed by atoms with van der Waals surface area (Å²) in [6.45, 7) is 7.32. The number of likely N-dealkylation sites (tertiary alicyclic amines) is 1. The molecule has 0 saturated carbocycles. The van der Waals surface area contributed by atoms with Crippen molar-refractivity contribution >= 4 is 27.9 Å². The topological polar surface area (TPSA) is 78.0 Å². The molecule has 0 aliphatic carbocycles. The van der Waals surface area contributed by atoms with Gasteiger partial charge in [0.25, 0.3) is 0 Å². The zero-order valence-electron chi connectivity index (χ0n) is 19.6. The molecule has 0 bridgehead atoms. The Bertz CT molecular complexity index is 1070. The molecule has 8 heteroatoms. The van der Waals surface area contributed by atoms with Gasteiger partial charge in [-0.3, -0.25) is 14.5 Å². The second-order valence-corrected chi connectivity index (χ2v) is 11.4. The van der Waals surface area contributed by atoms with E-state index in [9.17, 15) is 18.0 Å². The number of nitrogens with zero attached hydrogens (tertiary/aromatic N) is 3. The summed E-state index contributed by atoms with van der Waals surface area (Å²) in [5, 5.41) is 0. The molecule has 3 aliphatic rings. The maximum absolute atomic E-state index is 13.0. The molecule has 0 radical (unpaired) electrons. The molecule has 0 aromatic heterocycles. The van der Waals surface area contributed by atoms with Crippen LogP contribution in [0.4, 0.5) is 0 Å². The quantitative estimate of drug-likeness (QED) is 0.596. The summed E-state index contributed by atoms with van der Waals surface area (Å²) in [6, 6.07) is 7.68. The fraction of sp³-hybridized carbons (Fsp3) is 0.520. The maximum Gasteiger partial charge on any atom is 0.247 e. The lowest BCUT2D eigenvalue weighted by Gasteiger charge is -2.27. The lowest BCUT2D eigenvalue weighted by atomic mass is 9.89. The third kappa shape index (κ3) is 4.92. The Labute approximate surface area is 196 Å². The molecule has 0 N–H and O–H groups in total. The summed E-state index contributed by atoms with van der Waals surface area (Å²) in [5.74, 6) is -1.34. The van der Waals surface area contributed by atoms with Gasteiger partial charge in [0.2, 0.25) is 21.8 Å². The summed E-state index contributed by atoms with van der Waals surface area (Å²) in [6.07, 6.45) is 9.87. The molecule has 1 aromatic rings. The van der Waals surface area contributed by atoms with Crippen LogP contribution in [0.1, 0.15) is 44.2 Å². The molecule has 2 fully saturated rings. The smallest absolute Gasteiger partial charge is 0.247 e. The molecule has 1 aromatic carbocycles. The van der Waals surface area contributed by atoms with E-state index >= 15 is 0 Å². The predicted molar refractivity (Wildman–Crippen MR) is 128 cm³/mol. The summed E-state index contributed by atoms with van der Waals surface area (Å²) < 4.78 is 25.4. The van der Waals surface area contributed by atoms with Gasteiger partial charge in [0.15, 0.2) is 0 Å². The van der Waals surface area contributed by atoms with Crippen molar-refractivity contribution in [2.75, 3.05) is 25.9 Å². The van der Waals surface area contributed by atoms with Crippen LogP contribution in [0.5, 0.6) is 0 Å². The highest BCUT2D eigenvalue weighted by molar-refractivity contribution is 7.89. The number of piperidine rings is 1. The lowest BCUT2D eigenvalue weighted by molar-refractivity contribution is -0.131. The Morgan fingerprint density at radius 3 is 2.39 bits per heavy atom. The normalized spacial score (nSPS) is 24.1. The minimum Gasteiger partial charge on any atom is -0.326 e. The minimum absolute atomic E-state index is 0.0949. The van der Waals surface area contributed by atoms with E-state index in [0.717, 1.165) is 35.8 Å². The van der Waals surface area contributed by atoms with Crippen LogP contribution < -0.4 is 0 Å². The Morgan fingerprint density at radius 2 is 1.79 bits per heavy atom. The second-order valence-electron chi connectivity index (χ2n) is 9.61. The van der Waals surface area contributed by atoms with Crippen LogP contribution in [0.3, 0.4) is 0 Å². The zero-order chi connectivity index (χ0) is 23.8. The van der Waals surface area contributed by atoms with Gasteiger partial charge in [-0.05, 0) is 55.1 Å². The number of fused-ring (bicyclic) bond motifs is 1. The number of hydrogen-bond donors (Lipinski definition) is 0. The van der Waals surface area contributed by atoms with Crippen LogP contribution in [0.25, 0.3) is 6.08 Å². The van der Waals surface area contributed by atoms with Gasteiger partial charge < -0.3 is 4.90 Å². The lowest BCUT2D eigenvalue weighted by Crippen LogP contribution is -2.42. The van der Waals surface area contributed by atoms with Crippen LogP contribution in [0.2, 0.25) is 0 Å². The first-order valence-electron chi connectivity index (χ1n) is 11.7. The standard InChI is InChI=1S/C25H33N3O4S/c1-18(2)23-24-21(28(25(23)30)33(3,31)32)13-16-27(24)22(29)12-11-19-7-9-20(10-8-19)17-26-14-5-4-6-15-26/h7-13,18,23-24H,4-6,14-17H2,1-3H3/t23-,24+/m1/s1. The minimum atomic E-state index is -3.74. The number of sulfonamides is 1. The molecule has 3 heterocycles. The Hall–Kier alpha value is -2.45. The highest BCUT2D eigenvalue weighted by Crippen LogP contribution is 2.41. The van der Waals surface area contributed by atoms with Crippen LogP contribution >= 0.6 is 0 Å². The van der Waals surface area contributed by atoms with E-state index in [2.05, 4.69) is 17.0 Å². The molecule has 33 heavy (non-hydrogen) atoms. The third-order valence-electron chi connectivity index (χ3n) is 6.78. The van der Waals surface area contributed by atoms with Gasteiger partial charge in [-0.1, -0.05) is 44.5 Å². The Morgan fingerprint density at radius 1 is 1.12 bits per heavy atom. The van der Waals surface area contributed by atoms with Gasteiger partial charge in [-0.25, -0.2) is 12.7 Å². The molecule has 4 rings (SSSR count). The fourth-order valence-corrected chi connectivity index (χ4v) is 6.18. The van der Waals surface area contributed by atoms with Crippen molar-refractivity contribution in [3.63, 3.8) is 0 Å². The van der Waals surface area contributed by atoms with Crippen molar-refractivity contribution < 1.29 is 18.0 Å². The second kappa shape index (κ2) is 9.43. The molecule has 7 nitrogen and oxygen atoms in total. The maximum atomic E-state index is 13.0. The number of rotatable bonds is 6. The summed E-state index contributed by atoms with van der Waals surface area (Å²) in [4.78, 5) is 30.0. The summed E-state index contributed by atoms with van der Waals surface area (Å²) >= 11 is 0. The van der Waals surface area contributed by atoms with E-state index in [1.54, 1.807) is 17.1 Å². The predicted octanol–water partition coefficient (Wildman–Crippen LogP) is 2.85. The number of benzene rings is 1. The van der Waals surface area contributed by atoms with Crippen molar-refractivity contribution in [2.45, 2.75) is 45.7 Å². The van der Waals surface area contributed by atoms with Crippen LogP contribution in [-0.2, 0) is 26.2 Å². The number of amides is 2. The number of carbonyl (C=O) groups is 2. The van der Waals surface area contributed by atoms with Gasteiger partial charge in [0.1, 0.15) is 0 Å². The largest absolute Gasteiger partial charge is 0.326 e. The first-order chi connectivity index (χ1) is 15.7. The van der Waals surface area contributed by atoms with Crippen molar-refractivity contribution in [1.82, 2.24) is 14.1 Å². The Balaban J connectivity index is 1.45. The molecular formula is C25H33N3O4S. The van der Waals surface area contributed by atoms with Gasteiger partial charge in [-0.2, -0.15) is 0 Å². The van der Waals surface area contributed by atoms with Crippen LogP contribution in [0.15, 0.2) is 42.1 Å². The summed E-state index contributed by atoms with van der Waals surface area (Å²) in [7, 11) is -3.74. The first-order valence-corrected chi connectivity index (χ1v) is 13.6. The van der Waals surface area contributed by atoms with Gasteiger partial charge in [0, 0.05) is 19.2 Å². The average molecular weight is 472 g/mol. The SMILES string of the molecule is CC(C)[C@H]1C(=O)N(S(C)(=O)=O)C2=CCN(C(=O)C=Cc3ccc(CN4CCCCC4)cc3)[C@@H]21. The highest BCUT2D eigenvalue weighted by atomic mass is 32.2. The summed E-state index contributed by atoms with van der Waals surface area (Å²) in [5.41, 5.74) is 2.60. The van der Waals surface area contributed by atoms with E-state index in [0.29, 0.717) is 12.2 Å². The molecule has 2 atom stereocenters. The van der Waals surface area contributed by atoms with E-state index < -0.39 is 27.9 Å². The zero-order valence-corrected chi connectivity index (χ0v) is 20.4. The van der Waals surface area contributed by atoms with Crippen molar-refractivity contribution in [3.05, 3.63) is 53.2 Å². The Kier molecular flexibility index (Phi) is 6.77. The molecule has 0 unspecified atom stereocenters. The molecular weight excluding hydrogens is 438 g/mol. The van der Waals surface area contributed by atoms with Gasteiger partial charge in [0.05, 0.1) is 23.9 Å². The van der Waals surface area contributed by atoms with E-state index in [1.807, 2.05) is 26.0 Å². The number of hydrogen-bond acceptors (Lipinski definition) is 5. The average Bonchev–Trinajstić information content (AvgIpc) is 3.29. The molecule has 2 amide bonds. The van der Waals surface area contributed by atoms with E-state index in [4.69, 9.17) is 0 Å². The van der Waals surface area contributed by atoms with Gasteiger partial charge >= 0.3 is 0 Å². The van der Waals surface area contributed by atoms with Crippen LogP contribution in [-0.4, -0.2) is 66.3 Å². The van der Waals surface area contributed by atoms with E-state index in [1.165, 1.54) is 30.9 Å². The third-order valence-corrected chi connectivity index (χ3v) is 7.84. The first kappa shape index (κ1) is 23.7. The molecule has 0 spiro atoms. The fourth-order valence-electron chi connectivity index (χ4n) is 5.17. The molecule has 178 valence electrons. The van der Waals surface area contributed by atoms with E-state index in [-0.39, 0.29) is 11.8 Å². The molecule has 2 saturated heterocycles. The van der Waals surface area contributed by atoms with Crippen molar-refractivity contribution in [3.8, 4) is 0 Å².